The molecule has 1 saturated carbocycles. The molecular formula is C10H14O4. The van der Waals surface area contributed by atoms with E-state index in [0.29, 0.717) is 12.0 Å². The normalized spacial score (nSPS) is 40.6. The Bertz CT molecular complexity index is 284. The molecule has 0 unspecified atom stereocenters. The average molecular weight is 198 g/mol. The van der Waals surface area contributed by atoms with Gasteiger partial charge in [0.05, 0.1) is 19.3 Å². The number of hydrogen-bond donors (Lipinski definition) is 2. The fourth-order valence-corrected chi connectivity index (χ4v) is 2.55. The standard InChI is InChI=1S/C10H14O4/c1-14-10(13)6-3-2-5-4-7(11)9(12)8(5)6/h3,5,7-9,11-12H,2,4H2,1H3/t5-,7-,8+,9-/m0/s1. The molecular weight excluding hydrogens is 184 g/mol. The number of methoxy groups -OCH3 is 1. The monoisotopic (exact) mass is 198 g/mol. The number of fused-ring (bicyclic) bond motifs is 1. The first kappa shape index (κ1) is 9.68. The molecule has 4 heteroatoms. The summed E-state index contributed by atoms with van der Waals surface area (Å²) in [4.78, 5) is 11.3. The first-order valence-electron chi connectivity index (χ1n) is 4.79. The van der Waals surface area contributed by atoms with E-state index in [2.05, 4.69) is 4.74 Å². The number of carbonyl (C=O) groups excluding carboxylic acids is 1. The fourth-order valence-electron chi connectivity index (χ4n) is 2.55. The lowest BCUT2D eigenvalue weighted by Gasteiger charge is -2.17. The molecule has 0 aromatic rings. The van der Waals surface area contributed by atoms with E-state index in [4.69, 9.17) is 0 Å². The van der Waals surface area contributed by atoms with E-state index in [1.165, 1.54) is 7.11 Å². The number of ether oxygens (including phenoxy) is 1. The van der Waals surface area contributed by atoms with Gasteiger partial charge >= 0.3 is 5.97 Å². The third-order valence-electron chi connectivity index (χ3n) is 3.24. The van der Waals surface area contributed by atoms with Gasteiger partial charge in [0.15, 0.2) is 0 Å². The molecule has 0 heterocycles. The van der Waals surface area contributed by atoms with Crippen molar-refractivity contribution in [3.63, 3.8) is 0 Å². The van der Waals surface area contributed by atoms with E-state index >= 15 is 0 Å². The summed E-state index contributed by atoms with van der Waals surface area (Å²) in [6.07, 6.45) is 1.63. The van der Waals surface area contributed by atoms with Gasteiger partial charge in [0.25, 0.3) is 0 Å². The number of allylic oxidation sites excluding steroid dienone is 1. The number of rotatable bonds is 1. The zero-order valence-corrected chi connectivity index (χ0v) is 8.01. The van der Waals surface area contributed by atoms with Crippen molar-refractivity contribution in [1.82, 2.24) is 0 Å². The van der Waals surface area contributed by atoms with Crippen LogP contribution in [0, 0.1) is 11.8 Å². The largest absolute Gasteiger partial charge is 0.466 e. The van der Waals surface area contributed by atoms with Crippen LogP contribution in [0.5, 0.6) is 0 Å². The highest BCUT2D eigenvalue weighted by Gasteiger charge is 2.47. The van der Waals surface area contributed by atoms with Gasteiger partial charge in [0, 0.05) is 11.5 Å². The molecule has 0 amide bonds. The molecule has 4 nitrogen and oxygen atoms in total. The number of carbonyl (C=O) groups is 1. The van der Waals surface area contributed by atoms with Crippen LogP contribution in [0.2, 0.25) is 0 Å². The van der Waals surface area contributed by atoms with Crippen LogP contribution in [0.1, 0.15) is 12.8 Å². The van der Waals surface area contributed by atoms with Crippen LogP contribution in [0.4, 0.5) is 0 Å². The molecule has 78 valence electrons. The third-order valence-corrected chi connectivity index (χ3v) is 3.24. The highest BCUT2D eigenvalue weighted by molar-refractivity contribution is 5.89. The molecule has 2 N–H and O–H groups in total. The second kappa shape index (κ2) is 3.37. The molecule has 2 aliphatic rings. The second-order valence-corrected chi connectivity index (χ2v) is 3.97. The van der Waals surface area contributed by atoms with E-state index in [1.807, 2.05) is 6.08 Å². The number of esters is 1. The van der Waals surface area contributed by atoms with Gasteiger partial charge in [-0.1, -0.05) is 6.08 Å². The topological polar surface area (TPSA) is 66.8 Å². The first-order chi connectivity index (χ1) is 6.65. The lowest BCUT2D eigenvalue weighted by Crippen LogP contribution is -2.28. The number of hydrogen-bond acceptors (Lipinski definition) is 4. The molecule has 4 atom stereocenters. The van der Waals surface area contributed by atoms with Crippen molar-refractivity contribution in [2.45, 2.75) is 25.0 Å². The summed E-state index contributed by atoms with van der Waals surface area (Å²) in [7, 11) is 1.33. The predicted molar refractivity (Wildman–Crippen MR) is 48.3 cm³/mol. The summed E-state index contributed by atoms with van der Waals surface area (Å²) in [6.45, 7) is 0. The number of aliphatic hydroxyl groups is 2. The Balaban J connectivity index is 2.19. The molecule has 0 aromatic carbocycles. The van der Waals surface area contributed by atoms with Crippen LogP contribution in [-0.2, 0) is 9.53 Å². The molecule has 0 radical (unpaired) electrons. The van der Waals surface area contributed by atoms with E-state index in [-0.39, 0.29) is 17.8 Å². The summed E-state index contributed by atoms with van der Waals surface area (Å²) in [5, 5.41) is 19.1. The van der Waals surface area contributed by atoms with Crippen molar-refractivity contribution in [3.8, 4) is 0 Å². The molecule has 0 aliphatic heterocycles. The van der Waals surface area contributed by atoms with Crippen LogP contribution in [0.25, 0.3) is 0 Å². The summed E-state index contributed by atoms with van der Waals surface area (Å²) in [6, 6.07) is 0. The fraction of sp³-hybridized carbons (Fsp3) is 0.700. The van der Waals surface area contributed by atoms with Gasteiger partial charge in [-0.05, 0) is 18.8 Å². The Kier molecular flexibility index (Phi) is 2.33. The molecule has 0 bridgehead atoms. The maximum Gasteiger partial charge on any atom is 0.333 e. The Morgan fingerprint density at radius 2 is 2.29 bits per heavy atom. The second-order valence-electron chi connectivity index (χ2n) is 3.97. The summed E-state index contributed by atoms with van der Waals surface area (Å²) in [5.41, 5.74) is 0.529. The molecule has 2 aliphatic carbocycles. The minimum absolute atomic E-state index is 0.203. The van der Waals surface area contributed by atoms with Gasteiger partial charge in [-0.25, -0.2) is 4.79 Å². The van der Waals surface area contributed by atoms with Crippen LogP contribution in [-0.4, -0.2) is 35.5 Å². The minimum Gasteiger partial charge on any atom is -0.466 e. The zero-order valence-electron chi connectivity index (χ0n) is 8.01. The first-order valence-corrected chi connectivity index (χ1v) is 4.79. The Morgan fingerprint density at radius 1 is 1.57 bits per heavy atom. The molecule has 2 rings (SSSR count). The van der Waals surface area contributed by atoms with Crippen molar-refractivity contribution in [2.24, 2.45) is 11.8 Å². The van der Waals surface area contributed by atoms with Crippen molar-refractivity contribution in [3.05, 3.63) is 11.6 Å². The van der Waals surface area contributed by atoms with Crippen LogP contribution in [0.3, 0.4) is 0 Å². The maximum atomic E-state index is 11.3. The van der Waals surface area contributed by atoms with Crippen molar-refractivity contribution in [1.29, 1.82) is 0 Å². The lowest BCUT2D eigenvalue weighted by molar-refractivity contribution is -0.137. The van der Waals surface area contributed by atoms with E-state index in [0.717, 1.165) is 6.42 Å². The molecule has 14 heavy (non-hydrogen) atoms. The summed E-state index contributed by atoms with van der Waals surface area (Å²) < 4.78 is 4.63. The van der Waals surface area contributed by atoms with Gasteiger partial charge in [-0.2, -0.15) is 0 Å². The van der Waals surface area contributed by atoms with Gasteiger partial charge in [-0.3, -0.25) is 0 Å². The van der Waals surface area contributed by atoms with Crippen molar-refractivity contribution < 1.29 is 19.7 Å². The van der Waals surface area contributed by atoms with E-state index in [1.54, 1.807) is 0 Å². The SMILES string of the molecule is COC(=O)C1=CC[C@H]2C[C@H](O)[C@H](O)[C@@H]12. The van der Waals surface area contributed by atoms with Gasteiger partial charge in [0.2, 0.25) is 0 Å². The summed E-state index contributed by atoms with van der Waals surface area (Å²) in [5.74, 6) is -0.405. The molecule has 0 spiro atoms. The van der Waals surface area contributed by atoms with E-state index < -0.39 is 12.2 Å². The van der Waals surface area contributed by atoms with Gasteiger partial charge in [-0.15, -0.1) is 0 Å². The van der Waals surface area contributed by atoms with Crippen molar-refractivity contribution in [2.75, 3.05) is 7.11 Å². The van der Waals surface area contributed by atoms with E-state index in [9.17, 15) is 15.0 Å². The average Bonchev–Trinajstić information content (AvgIpc) is 2.68. The van der Waals surface area contributed by atoms with Gasteiger partial charge in [0.1, 0.15) is 0 Å². The highest BCUT2D eigenvalue weighted by atomic mass is 16.5. The van der Waals surface area contributed by atoms with Crippen LogP contribution >= 0.6 is 0 Å². The Morgan fingerprint density at radius 3 is 2.93 bits per heavy atom. The van der Waals surface area contributed by atoms with Gasteiger partial charge < -0.3 is 14.9 Å². The maximum absolute atomic E-state index is 11.3. The van der Waals surface area contributed by atoms with Crippen LogP contribution in [0.15, 0.2) is 11.6 Å². The lowest BCUT2D eigenvalue weighted by atomic mass is 9.93. The predicted octanol–water partition coefficient (Wildman–Crippen LogP) is -0.153. The highest BCUT2D eigenvalue weighted by Crippen LogP contribution is 2.44. The smallest absolute Gasteiger partial charge is 0.333 e. The molecule has 0 aromatic heterocycles. The van der Waals surface area contributed by atoms with Crippen LogP contribution < -0.4 is 0 Å². The Labute approximate surface area is 82.2 Å². The third kappa shape index (κ3) is 1.26. The molecule has 0 saturated heterocycles. The number of aliphatic hydroxyl groups excluding tert-OH is 2. The molecule has 1 fully saturated rings. The quantitative estimate of drug-likeness (QED) is 0.575. The minimum atomic E-state index is -0.812. The van der Waals surface area contributed by atoms with Crippen molar-refractivity contribution >= 4 is 5.97 Å². The summed E-state index contributed by atoms with van der Waals surface area (Å²) >= 11 is 0. The Hall–Kier alpha value is -0.870. The zero-order chi connectivity index (χ0) is 10.3.